The minimum atomic E-state index is -0.591. The van der Waals surface area contributed by atoms with Crippen molar-refractivity contribution in [1.29, 1.82) is 0 Å². The fraction of sp³-hybridized carbons (Fsp3) is 0.786. The molecule has 2 rings (SSSR count). The van der Waals surface area contributed by atoms with E-state index in [-0.39, 0.29) is 30.9 Å². The third-order valence-corrected chi connectivity index (χ3v) is 3.39. The van der Waals surface area contributed by atoms with Crippen LogP contribution in [0.3, 0.4) is 0 Å². The lowest BCUT2D eigenvalue weighted by atomic mass is 10.1. The van der Waals surface area contributed by atoms with E-state index < -0.39 is 17.7 Å². The van der Waals surface area contributed by atoms with Crippen LogP contribution in [0.25, 0.3) is 0 Å². The Hall–Kier alpha value is -1.79. The largest absolute Gasteiger partial charge is 0.463 e. The number of likely N-dealkylation sites (tertiary alicyclic amines) is 1. The van der Waals surface area contributed by atoms with Gasteiger partial charge in [-0.1, -0.05) is 0 Å². The lowest BCUT2D eigenvalue weighted by molar-refractivity contribution is -0.138. The van der Waals surface area contributed by atoms with Crippen LogP contribution in [0.15, 0.2) is 0 Å². The first-order chi connectivity index (χ1) is 9.76. The van der Waals surface area contributed by atoms with Crippen LogP contribution in [-0.4, -0.2) is 53.7 Å². The molecule has 7 nitrogen and oxygen atoms in total. The number of cyclic esters (lactones) is 1. The minimum absolute atomic E-state index is 0.185. The summed E-state index contributed by atoms with van der Waals surface area (Å²) < 4.78 is 10.1. The van der Waals surface area contributed by atoms with E-state index in [1.54, 1.807) is 20.8 Å². The first-order valence-corrected chi connectivity index (χ1v) is 7.22. The van der Waals surface area contributed by atoms with E-state index in [4.69, 9.17) is 9.47 Å². The van der Waals surface area contributed by atoms with E-state index in [2.05, 4.69) is 5.32 Å². The molecule has 7 heteroatoms. The van der Waals surface area contributed by atoms with Crippen LogP contribution in [0, 0.1) is 0 Å². The van der Waals surface area contributed by atoms with Gasteiger partial charge in [0.05, 0.1) is 12.5 Å². The van der Waals surface area contributed by atoms with Gasteiger partial charge < -0.3 is 14.8 Å². The molecule has 2 aliphatic heterocycles. The van der Waals surface area contributed by atoms with Gasteiger partial charge in [-0.25, -0.2) is 4.79 Å². The Morgan fingerprint density at radius 1 is 1.38 bits per heavy atom. The number of esters is 1. The zero-order chi connectivity index (χ0) is 15.6. The van der Waals surface area contributed by atoms with E-state index in [1.807, 2.05) is 0 Å². The molecule has 0 radical (unpaired) electrons. The molecule has 0 aromatic heterocycles. The third kappa shape index (κ3) is 4.09. The Bertz CT molecular complexity index is 443. The standard InChI is InChI=1S/C14H22N2O5/c1-14(2,3)21-13(19)16-6-4-5-10(16)12(18)15-9-7-11(17)20-8-9/h9-10H,4-8H2,1-3H3,(H,15,18)/t9-,10-/m0/s1. The SMILES string of the molecule is CC(C)(C)OC(=O)N1CCC[C@H]1C(=O)N[C@@H]1COC(=O)C1. The molecule has 0 spiro atoms. The predicted molar refractivity (Wildman–Crippen MR) is 73.5 cm³/mol. The summed E-state index contributed by atoms with van der Waals surface area (Å²) in [4.78, 5) is 36.9. The van der Waals surface area contributed by atoms with Gasteiger partial charge in [0.2, 0.25) is 5.91 Å². The summed E-state index contributed by atoms with van der Waals surface area (Å²) in [5.41, 5.74) is -0.591. The molecule has 118 valence electrons. The molecule has 2 atom stereocenters. The Morgan fingerprint density at radius 3 is 2.67 bits per heavy atom. The Morgan fingerprint density at radius 2 is 2.10 bits per heavy atom. The zero-order valence-electron chi connectivity index (χ0n) is 12.7. The van der Waals surface area contributed by atoms with Crippen LogP contribution in [0.1, 0.15) is 40.0 Å². The van der Waals surface area contributed by atoms with Crippen LogP contribution >= 0.6 is 0 Å². The van der Waals surface area contributed by atoms with Crippen molar-refractivity contribution in [3.63, 3.8) is 0 Å². The van der Waals surface area contributed by atoms with E-state index in [0.717, 1.165) is 6.42 Å². The fourth-order valence-electron chi connectivity index (χ4n) is 2.48. The molecular weight excluding hydrogens is 276 g/mol. The number of hydrogen-bond donors (Lipinski definition) is 1. The van der Waals surface area contributed by atoms with Crippen molar-refractivity contribution >= 4 is 18.0 Å². The Kier molecular flexibility index (Phi) is 4.39. The van der Waals surface area contributed by atoms with Crippen LogP contribution in [0.5, 0.6) is 0 Å². The maximum Gasteiger partial charge on any atom is 0.410 e. The smallest absolute Gasteiger partial charge is 0.410 e. The number of carbonyl (C=O) groups excluding carboxylic acids is 3. The second-order valence-corrected chi connectivity index (χ2v) is 6.42. The number of ether oxygens (including phenoxy) is 2. The quantitative estimate of drug-likeness (QED) is 0.763. The van der Waals surface area contributed by atoms with Gasteiger partial charge in [0.25, 0.3) is 0 Å². The number of hydrogen-bond acceptors (Lipinski definition) is 5. The summed E-state index contributed by atoms with van der Waals surface area (Å²) in [6.45, 7) is 6.07. The van der Waals surface area contributed by atoms with Gasteiger partial charge in [0, 0.05) is 6.54 Å². The van der Waals surface area contributed by atoms with E-state index in [0.29, 0.717) is 13.0 Å². The Labute approximate surface area is 123 Å². The second-order valence-electron chi connectivity index (χ2n) is 6.42. The monoisotopic (exact) mass is 298 g/mol. The summed E-state index contributed by atoms with van der Waals surface area (Å²) >= 11 is 0. The summed E-state index contributed by atoms with van der Waals surface area (Å²) in [7, 11) is 0. The fourth-order valence-corrected chi connectivity index (χ4v) is 2.48. The molecule has 0 unspecified atom stereocenters. The summed E-state index contributed by atoms with van der Waals surface area (Å²) in [5, 5.41) is 2.76. The van der Waals surface area contributed by atoms with Gasteiger partial charge >= 0.3 is 12.1 Å². The van der Waals surface area contributed by atoms with Crippen molar-refractivity contribution in [1.82, 2.24) is 10.2 Å². The molecule has 0 aliphatic carbocycles. The van der Waals surface area contributed by atoms with Crippen LogP contribution in [0.4, 0.5) is 4.79 Å². The van der Waals surface area contributed by atoms with Crippen LogP contribution < -0.4 is 5.32 Å². The Balaban J connectivity index is 1.93. The first-order valence-electron chi connectivity index (χ1n) is 7.22. The summed E-state index contributed by atoms with van der Waals surface area (Å²) in [5.74, 6) is -0.558. The molecule has 1 N–H and O–H groups in total. The second kappa shape index (κ2) is 5.91. The molecule has 0 saturated carbocycles. The normalized spacial score (nSPS) is 25.7. The van der Waals surface area contributed by atoms with Crippen molar-refractivity contribution < 1.29 is 23.9 Å². The average molecular weight is 298 g/mol. The highest BCUT2D eigenvalue weighted by Crippen LogP contribution is 2.21. The highest BCUT2D eigenvalue weighted by molar-refractivity contribution is 5.87. The minimum Gasteiger partial charge on any atom is -0.463 e. The highest BCUT2D eigenvalue weighted by atomic mass is 16.6. The molecule has 21 heavy (non-hydrogen) atoms. The summed E-state index contributed by atoms with van der Waals surface area (Å²) in [6.07, 6.45) is 1.08. The molecular formula is C14H22N2O5. The molecule has 0 aromatic carbocycles. The maximum absolute atomic E-state index is 12.3. The van der Waals surface area contributed by atoms with Crippen molar-refractivity contribution in [2.45, 2.75) is 57.7 Å². The van der Waals surface area contributed by atoms with Crippen LogP contribution in [0.2, 0.25) is 0 Å². The zero-order valence-corrected chi connectivity index (χ0v) is 12.7. The van der Waals surface area contributed by atoms with Gasteiger partial charge in [-0.05, 0) is 33.6 Å². The van der Waals surface area contributed by atoms with Gasteiger partial charge in [-0.15, -0.1) is 0 Å². The number of nitrogens with one attached hydrogen (secondary N) is 1. The molecule has 2 saturated heterocycles. The topological polar surface area (TPSA) is 84.9 Å². The van der Waals surface area contributed by atoms with Crippen molar-refractivity contribution in [3.05, 3.63) is 0 Å². The van der Waals surface area contributed by atoms with Gasteiger partial charge in [0.1, 0.15) is 18.2 Å². The van der Waals surface area contributed by atoms with Crippen molar-refractivity contribution in [2.75, 3.05) is 13.2 Å². The first kappa shape index (κ1) is 15.6. The van der Waals surface area contributed by atoms with Crippen molar-refractivity contribution in [2.24, 2.45) is 0 Å². The molecule has 2 fully saturated rings. The van der Waals surface area contributed by atoms with E-state index in [1.165, 1.54) is 4.90 Å². The lowest BCUT2D eigenvalue weighted by Gasteiger charge is -2.28. The lowest BCUT2D eigenvalue weighted by Crippen LogP contribution is -2.50. The van der Waals surface area contributed by atoms with E-state index in [9.17, 15) is 14.4 Å². The molecule has 2 amide bonds. The maximum atomic E-state index is 12.3. The summed E-state index contributed by atoms with van der Waals surface area (Å²) in [6, 6.07) is -0.832. The van der Waals surface area contributed by atoms with Gasteiger partial charge in [-0.3, -0.25) is 14.5 Å². The van der Waals surface area contributed by atoms with Crippen LogP contribution in [-0.2, 0) is 19.1 Å². The van der Waals surface area contributed by atoms with Gasteiger partial charge in [-0.2, -0.15) is 0 Å². The number of nitrogens with zero attached hydrogens (tertiary/aromatic N) is 1. The third-order valence-electron chi connectivity index (χ3n) is 3.39. The van der Waals surface area contributed by atoms with Crippen molar-refractivity contribution in [3.8, 4) is 0 Å². The highest BCUT2D eigenvalue weighted by Gasteiger charge is 2.38. The van der Waals surface area contributed by atoms with Gasteiger partial charge in [0.15, 0.2) is 0 Å². The molecule has 2 aliphatic rings. The number of rotatable bonds is 2. The van der Waals surface area contributed by atoms with E-state index >= 15 is 0 Å². The number of carbonyl (C=O) groups is 3. The molecule has 2 heterocycles. The average Bonchev–Trinajstić information content (AvgIpc) is 2.95. The molecule has 0 bridgehead atoms. The predicted octanol–water partition coefficient (Wildman–Crippen LogP) is 0.818. The molecule has 0 aromatic rings. The number of amides is 2.